The third-order valence-corrected chi connectivity index (χ3v) is 4.35. The highest BCUT2D eigenvalue weighted by Gasteiger charge is 2.35. The number of aromatic nitrogens is 1. The lowest BCUT2D eigenvalue weighted by molar-refractivity contribution is -0.133. The van der Waals surface area contributed by atoms with E-state index in [9.17, 15) is 19.1 Å². The molecule has 0 unspecified atom stereocenters. The molecule has 1 N–H and O–H groups in total. The zero-order chi connectivity index (χ0) is 17.3. The van der Waals surface area contributed by atoms with Crippen molar-refractivity contribution in [2.24, 2.45) is 0 Å². The molecule has 126 valence electrons. The summed E-state index contributed by atoms with van der Waals surface area (Å²) in [7, 11) is 0. The molecule has 0 bridgehead atoms. The normalized spacial score (nSPS) is 20.4. The van der Waals surface area contributed by atoms with Crippen LogP contribution >= 0.6 is 0 Å². The summed E-state index contributed by atoms with van der Waals surface area (Å²) in [6.45, 7) is 1.78. The number of aliphatic hydroxyl groups is 1. The Balaban J connectivity index is 1.84. The summed E-state index contributed by atoms with van der Waals surface area (Å²) in [4.78, 5) is 26.2. The van der Waals surface area contributed by atoms with E-state index >= 15 is 0 Å². The number of likely N-dealkylation sites (tertiary alicyclic amines) is 1. The molecule has 24 heavy (non-hydrogen) atoms. The van der Waals surface area contributed by atoms with Gasteiger partial charge in [0.15, 0.2) is 0 Å². The molecule has 3 rings (SSSR count). The SMILES string of the molecule is Cc1cccn(CC(=O)N2C[C@@H](O)C[C@H]2c2cccc(F)c2)c1=O. The number of β-amino-alcohol motifs (C(OH)–C–C–N with tert-alkyl or cyclic N) is 1. The number of carbonyl (C=O) groups excluding carboxylic acids is 1. The Hall–Kier alpha value is -2.47. The molecule has 1 saturated heterocycles. The fraction of sp³-hybridized carbons (Fsp3) is 0.333. The van der Waals surface area contributed by atoms with Crippen LogP contribution in [0.2, 0.25) is 0 Å². The van der Waals surface area contributed by atoms with Gasteiger partial charge in [-0.05, 0) is 37.1 Å². The molecule has 1 aromatic carbocycles. The van der Waals surface area contributed by atoms with Gasteiger partial charge in [-0.3, -0.25) is 9.59 Å². The van der Waals surface area contributed by atoms with E-state index in [1.54, 1.807) is 37.4 Å². The number of hydrogen-bond donors (Lipinski definition) is 1. The molecular formula is C18H19FN2O3. The second-order valence-corrected chi connectivity index (χ2v) is 6.13. The number of hydrogen-bond acceptors (Lipinski definition) is 3. The number of benzene rings is 1. The number of aryl methyl sites for hydroxylation is 1. The van der Waals surface area contributed by atoms with E-state index in [0.29, 0.717) is 17.5 Å². The van der Waals surface area contributed by atoms with Crippen molar-refractivity contribution in [3.05, 3.63) is 69.9 Å². The average Bonchev–Trinajstić information content (AvgIpc) is 2.94. The molecule has 5 nitrogen and oxygen atoms in total. The summed E-state index contributed by atoms with van der Waals surface area (Å²) in [6.07, 6.45) is 1.27. The fourth-order valence-electron chi connectivity index (χ4n) is 3.14. The van der Waals surface area contributed by atoms with Gasteiger partial charge in [0.1, 0.15) is 12.4 Å². The van der Waals surface area contributed by atoms with E-state index < -0.39 is 6.10 Å². The van der Waals surface area contributed by atoms with Gasteiger partial charge in [-0.1, -0.05) is 18.2 Å². The van der Waals surface area contributed by atoms with E-state index in [4.69, 9.17) is 0 Å². The predicted octanol–water partition coefficient (Wildman–Crippen LogP) is 1.63. The molecule has 2 atom stereocenters. The second kappa shape index (κ2) is 6.57. The Morgan fingerprint density at radius 3 is 2.88 bits per heavy atom. The van der Waals surface area contributed by atoms with Gasteiger partial charge < -0.3 is 14.6 Å². The van der Waals surface area contributed by atoms with E-state index in [0.717, 1.165) is 0 Å². The molecule has 1 aliphatic rings. The average molecular weight is 330 g/mol. The number of rotatable bonds is 3. The Bertz CT molecular complexity index is 818. The van der Waals surface area contributed by atoms with Crippen molar-refractivity contribution in [1.29, 1.82) is 0 Å². The van der Waals surface area contributed by atoms with Crippen LogP contribution in [-0.4, -0.2) is 33.1 Å². The van der Waals surface area contributed by atoms with E-state index in [2.05, 4.69) is 0 Å². The van der Waals surface area contributed by atoms with Gasteiger partial charge >= 0.3 is 0 Å². The van der Waals surface area contributed by atoms with Crippen LogP contribution < -0.4 is 5.56 Å². The molecule has 2 aromatic rings. The lowest BCUT2D eigenvalue weighted by Gasteiger charge is -2.25. The predicted molar refractivity (Wildman–Crippen MR) is 86.9 cm³/mol. The first-order valence-corrected chi connectivity index (χ1v) is 7.85. The Morgan fingerprint density at radius 1 is 1.33 bits per heavy atom. The van der Waals surface area contributed by atoms with E-state index in [1.807, 2.05) is 0 Å². The van der Waals surface area contributed by atoms with Crippen LogP contribution in [-0.2, 0) is 11.3 Å². The smallest absolute Gasteiger partial charge is 0.253 e. The number of nitrogens with zero attached hydrogens (tertiary/aromatic N) is 2. The highest BCUT2D eigenvalue weighted by molar-refractivity contribution is 5.77. The van der Waals surface area contributed by atoms with Crippen LogP contribution in [0.5, 0.6) is 0 Å². The standard InChI is InChI=1S/C18H19FN2O3/c1-12-4-3-7-20(18(12)24)11-17(23)21-10-15(22)9-16(21)13-5-2-6-14(19)8-13/h2-8,15-16,22H,9-11H2,1H3/t15-,16-/m0/s1. The Morgan fingerprint density at radius 2 is 2.12 bits per heavy atom. The van der Waals surface area contributed by atoms with Crippen molar-refractivity contribution in [3.63, 3.8) is 0 Å². The monoisotopic (exact) mass is 330 g/mol. The first kappa shape index (κ1) is 16.4. The summed E-state index contributed by atoms with van der Waals surface area (Å²) in [5.41, 5.74) is 0.998. The van der Waals surface area contributed by atoms with Crippen molar-refractivity contribution in [2.75, 3.05) is 6.54 Å². The lowest BCUT2D eigenvalue weighted by atomic mass is 10.0. The van der Waals surface area contributed by atoms with Crippen molar-refractivity contribution in [3.8, 4) is 0 Å². The summed E-state index contributed by atoms with van der Waals surface area (Å²) in [6, 6.07) is 9.07. The van der Waals surface area contributed by atoms with Gasteiger partial charge in [0.2, 0.25) is 5.91 Å². The Kier molecular flexibility index (Phi) is 4.49. The maximum Gasteiger partial charge on any atom is 0.253 e. The van der Waals surface area contributed by atoms with Crippen LogP contribution in [0.25, 0.3) is 0 Å². The number of halogens is 1. The van der Waals surface area contributed by atoms with Crippen LogP contribution in [0.1, 0.15) is 23.6 Å². The van der Waals surface area contributed by atoms with Gasteiger partial charge in [-0.25, -0.2) is 4.39 Å². The van der Waals surface area contributed by atoms with Crippen LogP contribution in [0, 0.1) is 12.7 Å². The minimum Gasteiger partial charge on any atom is -0.391 e. The molecule has 0 saturated carbocycles. The van der Waals surface area contributed by atoms with Gasteiger partial charge in [-0.2, -0.15) is 0 Å². The molecule has 1 fully saturated rings. The van der Waals surface area contributed by atoms with Crippen molar-refractivity contribution in [1.82, 2.24) is 9.47 Å². The van der Waals surface area contributed by atoms with Crippen LogP contribution in [0.3, 0.4) is 0 Å². The molecule has 0 aliphatic carbocycles. The second-order valence-electron chi connectivity index (χ2n) is 6.13. The minimum atomic E-state index is -0.656. The van der Waals surface area contributed by atoms with Crippen molar-refractivity contribution < 1.29 is 14.3 Å². The highest BCUT2D eigenvalue weighted by Crippen LogP contribution is 2.32. The maximum atomic E-state index is 13.5. The number of amides is 1. The number of pyridine rings is 1. The topological polar surface area (TPSA) is 62.5 Å². The summed E-state index contributed by atoms with van der Waals surface area (Å²) in [5.74, 6) is -0.648. The lowest BCUT2D eigenvalue weighted by Crippen LogP contribution is -2.37. The Labute approximate surface area is 139 Å². The highest BCUT2D eigenvalue weighted by atomic mass is 19.1. The molecular weight excluding hydrogens is 311 g/mol. The van der Waals surface area contributed by atoms with Crippen LogP contribution in [0.4, 0.5) is 4.39 Å². The van der Waals surface area contributed by atoms with Gasteiger partial charge in [0, 0.05) is 18.3 Å². The van der Waals surface area contributed by atoms with Gasteiger partial charge in [0.05, 0.1) is 12.1 Å². The molecule has 0 spiro atoms. The fourth-order valence-corrected chi connectivity index (χ4v) is 3.14. The molecule has 1 amide bonds. The molecule has 1 aromatic heterocycles. The summed E-state index contributed by atoms with van der Waals surface area (Å²) in [5, 5.41) is 9.96. The third kappa shape index (κ3) is 3.23. The van der Waals surface area contributed by atoms with E-state index in [1.165, 1.54) is 21.6 Å². The minimum absolute atomic E-state index is 0.0982. The first-order chi connectivity index (χ1) is 11.5. The van der Waals surface area contributed by atoms with Crippen molar-refractivity contribution >= 4 is 5.91 Å². The third-order valence-electron chi connectivity index (χ3n) is 4.35. The largest absolute Gasteiger partial charge is 0.391 e. The summed E-state index contributed by atoms with van der Waals surface area (Å²) < 4.78 is 14.8. The molecule has 6 heteroatoms. The number of aliphatic hydroxyl groups excluding tert-OH is 1. The quantitative estimate of drug-likeness (QED) is 0.930. The maximum absolute atomic E-state index is 13.5. The molecule has 2 heterocycles. The molecule has 1 aliphatic heterocycles. The summed E-state index contributed by atoms with van der Waals surface area (Å²) >= 11 is 0. The van der Waals surface area contributed by atoms with Gasteiger partial charge in [-0.15, -0.1) is 0 Å². The number of carbonyl (C=O) groups is 1. The zero-order valence-electron chi connectivity index (χ0n) is 13.4. The van der Waals surface area contributed by atoms with E-state index in [-0.39, 0.29) is 36.4 Å². The van der Waals surface area contributed by atoms with Crippen LogP contribution in [0.15, 0.2) is 47.4 Å². The van der Waals surface area contributed by atoms with Gasteiger partial charge in [0.25, 0.3) is 5.56 Å². The zero-order valence-corrected chi connectivity index (χ0v) is 13.4. The molecule has 0 radical (unpaired) electrons. The van der Waals surface area contributed by atoms with Crippen molar-refractivity contribution in [2.45, 2.75) is 32.0 Å². The first-order valence-electron chi connectivity index (χ1n) is 7.85.